The van der Waals surface area contributed by atoms with Gasteiger partial charge in [0.15, 0.2) is 11.6 Å². The summed E-state index contributed by atoms with van der Waals surface area (Å²) in [5.41, 5.74) is 8.91. The third-order valence-electron chi connectivity index (χ3n) is 5.19. The quantitative estimate of drug-likeness (QED) is 0.441. The minimum Gasteiger partial charge on any atom is -0.396 e. The van der Waals surface area contributed by atoms with Crippen LogP contribution in [-0.4, -0.2) is 36.9 Å². The molecule has 3 aromatic carbocycles. The third kappa shape index (κ3) is 3.19. The highest BCUT2D eigenvalue weighted by atomic mass is 19.1. The number of carbonyl (C=O) groups is 2. The zero-order valence-corrected chi connectivity index (χ0v) is 16.3. The topological polar surface area (TPSA) is 95.7 Å². The Balaban J connectivity index is 1.94. The summed E-state index contributed by atoms with van der Waals surface area (Å²) in [6.07, 6.45) is 0. The van der Waals surface area contributed by atoms with Gasteiger partial charge in [-0.1, -0.05) is 24.3 Å². The number of fused-ring (bicyclic) bond motifs is 2. The molecule has 4 rings (SSSR count). The lowest BCUT2D eigenvalue weighted by Crippen LogP contribution is -2.27. The van der Waals surface area contributed by atoms with Gasteiger partial charge in [-0.25, -0.2) is 4.39 Å². The number of hydrogen-bond donors (Lipinski definition) is 3. The lowest BCUT2D eigenvalue weighted by Gasteiger charge is -2.27. The molecule has 0 aliphatic heterocycles. The van der Waals surface area contributed by atoms with Crippen LogP contribution in [-0.2, 0) is 0 Å². The second kappa shape index (κ2) is 7.61. The molecule has 0 heterocycles. The molecular formula is C23H20FN3O3. The van der Waals surface area contributed by atoms with E-state index in [0.717, 1.165) is 0 Å². The van der Waals surface area contributed by atoms with Crippen molar-refractivity contribution in [3.8, 4) is 0 Å². The molecule has 0 bridgehead atoms. The number of hydrogen-bond acceptors (Lipinski definition) is 6. The van der Waals surface area contributed by atoms with Crippen LogP contribution < -0.4 is 16.0 Å². The van der Waals surface area contributed by atoms with Gasteiger partial charge in [-0.05, 0) is 30.3 Å². The molecule has 0 saturated heterocycles. The SMILES string of the molecule is CN(CCO)c1cc(Nc2ccc(F)cc2)c2c(c1N)C(=O)c1ccccc1C2=O. The van der Waals surface area contributed by atoms with Gasteiger partial charge in [0, 0.05) is 30.4 Å². The number of likely N-dealkylation sites (N-methyl/N-ethyl adjacent to an activating group) is 1. The lowest BCUT2D eigenvalue weighted by molar-refractivity contribution is 0.0980. The Morgan fingerprint density at radius 3 is 2.20 bits per heavy atom. The number of nitrogens with zero attached hydrogens (tertiary/aromatic N) is 1. The second-order valence-corrected chi connectivity index (χ2v) is 7.09. The first-order chi connectivity index (χ1) is 14.4. The Morgan fingerprint density at radius 1 is 1.00 bits per heavy atom. The van der Waals surface area contributed by atoms with Crippen molar-refractivity contribution in [2.45, 2.75) is 0 Å². The smallest absolute Gasteiger partial charge is 0.196 e. The number of halogens is 1. The Hall–Kier alpha value is -3.71. The summed E-state index contributed by atoms with van der Waals surface area (Å²) in [4.78, 5) is 28.3. The summed E-state index contributed by atoms with van der Waals surface area (Å²) in [7, 11) is 1.74. The summed E-state index contributed by atoms with van der Waals surface area (Å²) in [5, 5.41) is 12.4. The normalized spacial score (nSPS) is 12.4. The zero-order valence-electron chi connectivity index (χ0n) is 16.3. The molecule has 7 heteroatoms. The van der Waals surface area contributed by atoms with E-state index < -0.39 is 0 Å². The molecule has 152 valence electrons. The average Bonchev–Trinajstić information content (AvgIpc) is 2.74. The van der Waals surface area contributed by atoms with Crippen molar-refractivity contribution < 1.29 is 19.1 Å². The summed E-state index contributed by atoms with van der Waals surface area (Å²) in [6, 6.07) is 14.0. The first-order valence-electron chi connectivity index (χ1n) is 9.42. The molecular weight excluding hydrogens is 385 g/mol. The highest BCUT2D eigenvalue weighted by molar-refractivity contribution is 6.32. The lowest BCUT2D eigenvalue weighted by atomic mass is 9.81. The molecule has 0 radical (unpaired) electrons. The number of nitrogens with one attached hydrogen (secondary N) is 1. The number of aliphatic hydroxyl groups is 1. The predicted molar refractivity (Wildman–Crippen MR) is 114 cm³/mol. The molecule has 1 aliphatic carbocycles. The molecule has 0 saturated carbocycles. The molecule has 30 heavy (non-hydrogen) atoms. The van der Waals surface area contributed by atoms with Crippen LogP contribution in [0.3, 0.4) is 0 Å². The largest absolute Gasteiger partial charge is 0.396 e. The van der Waals surface area contributed by atoms with Crippen molar-refractivity contribution in [2.24, 2.45) is 0 Å². The van der Waals surface area contributed by atoms with Crippen LogP contribution in [0.5, 0.6) is 0 Å². The molecule has 0 spiro atoms. The number of ketones is 2. The monoisotopic (exact) mass is 405 g/mol. The van der Waals surface area contributed by atoms with Gasteiger partial charge in [0.25, 0.3) is 0 Å². The summed E-state index contributed by atoms with van der Waals surface area (Å²) in [5.74, 6) is -1.03. The van der Waals surface area contributed by atoms with Gasteiger partial charge in [0.1, 0.15) is 5.82 Å². The van der Waals surface area contributed by atoms with E-state index in [9.17, 15) is 19.1 Å². The van der Waals surface area contributed by atoms with Crippen LogP contribution in [0.1, 0.15) is 31.8 Å². The standard InChI is InChI=1S/C23H20FN3O3/c1-27(10-11-28)18-12-17(26-14-8-6-13(24)7-9-14)19-20(21(18)25)23(30)16-5-3-2-4-15(16)22(19)29/h2-9,12,26,28H,10-11,25H2,1H3. The molecule has 4 N–H and O–H groups in total. The molecule has 1 aliphatic rings. The van der Waals surface area contributed by atoms with Crippen LogP contribution in [0.15, 0.2) is 54.6 Å². The molecule has 0 fully saturated rings. The van der Waals surface area contributed by atoms with Gasteiger partial charge in [0.2, 0.25) is 0 Å². The number of benzene rings is 3. The van der Waals surface area contributed by atoms with E-state index in [4.69, 9.17) is 5.73 Å². The molecule has 0 amide bonds. The fourth-order valence-corrected chi connectivity index (χ4v) is 3.68. The Morgan fingerprint density at radius 2 is 1.60 bits per heavy atom. The van der Waals surface area contributed by atoms with Gasteiger partial charge in [-0.3, -0.25) is 9.59 Å². The van der Waals surface area contributed by atoms with Crippen molar-refractivity contribution in [2.75, 3.05) is 36.1 Å². The number of rotatable bonds is 5. The second-order valence-electron chi connectivity index (χ2n) is 7.09. The third-order valence-corrected chi connectivity index (χ3v) is 5.19. The first kappa shape index (κ1) is 19.6. The highest BCUT2D eigenvalue weighted by Gasteiger charge is 2.35. The van der Waals surface area contributed by atoms with E-state index in [2.05, 4.69) is 5.32 Å². The van der Waals surface area contributed by atoms with Crippen molar-refractivity contribution in [1.29, 1.82) is 0 Å². The highest BCUT2D eigenvalue weighted by Crippen LogP contribution is 2.41. The number of nitrogen functional groups attached to an aromatic ring is 1. The fraction of sp³-hybridized carbons (Fsp3) is 0.130. The van der Waals surface area contributed by atoms with Gasteiger partial charge < -0.3 is 21.1 Å². The van der Waals surface area contributed by atoms with E-state index in [1.807, 2.05) is 0 Å². The van der Waals surface area contributed by atoms with Crippen LogP contribution in [0.25, 0.3) is 0 Å². The van der Waals surface area contributed by atoms with E-state index in [0.29, 0.717) is 28.2 Å². The Kier molecular flexibility index (Phi) is 4.97. The number of carbonyl (C=O) groups excluding carboxylic acids is 2. The number of nitrogens with two attached hydrogens (primary N) is 1. The Bertz CT molecular complexity index is 1160. The maximum absolute atomic E-state index is 13.3. The van der Waals surface area contributed by atoms with Crippen LogP contribution in [0.4, 0.5) is 27.1 Å². The molecule has 0 aromatic heterocycles. The minimum absolute atomic E-state index is 0.108. The fourth-order valence-electron chi connectivity index (χ4n) is 3.68. The zero-order chi connectivity index (χ0) is 21.4. The predicted octanol–water partition coefficient (Wildman–Crippen LogP) is 3.36. The minimum atomic E-state index is -0.386. The number of anilines is 4. The average molecular weight is 405 g/mol. The van der Waals surface area contributed by atoms with Gasteiger partial charge >= 0.3 is 0 Å². The van der Waals surface area contributed by atoms with Crippen LogP contribution in [0.2, 0.25) is 0 Å². The van der Waals surface area contributed by atoms with E-state index in [1.165, 1.54) is 24.3 Å². The van der Waals surface area contributed by atoms with Gasteiger partial charge in [-0.15, -0.1) is 0 Å². The Labute approximate surface area is 172 Å². The van der Waals surface area contributed by atoms with Crippen LogP contribution >= 0.6 is 0 Å². The maximum atomic E-state index is 13.3. The van der Waals surface area contributed by atoms with Crippen molar-refractivity contribution in [1.82, 2.24) is 0 Å². The summed E-state index contributed by atoms with van der Waals surface area (Å²) < 4.78 is 13.3. The van der Waals surface area contributed by atoms with E-state index >= 15 is 0 Å². The van der Waals surface area contributed by atoms with E-state index in [1.54, 1.807) is 42.3 Å². The van der Waals surface area contributed by atoms with Crippen molar-refractivity contribution >= 4 is 34.3 Å². The summed E-state index contributed by atoms with van der Waals surface area (Å²) >= 11 is 0. The van der Waals surface area contributed by atoms with Crippen molar-refractivity contribution in [3.05, 3.63) is 82.7 Å². The van der Waals surface area contributed by atoms with Crippen molar-refractivity contribution in [3.63, 3.8) is 0 Å². The van der Waals surface area contributed by atoms with Gasteiger partial charge in [0.05, 0.1) is 34.8 Å². The molecule has 0 atom stereocenters. The molecule has 3 aromatic rings. The van der Waals surface area contributed by atoms with Gasteiger partial charge in [-0.2, -0.15) is 0 Å². The number of aliphatic hydroxyl groups excluding tert-OH is 1. The first-order valence-corrected chi connectivity index (χ1v) is 9.42. The van der Waals surface area contributed by atoms with E-state index in [-0.39, 0.29) is 47.3 Å². The summed E-state index contributed by atoms with van der Waals surface area (Å²) in [6.45, 7) is 0.182. The van der Waals surface area contributed by atoms with Crippen LogP contribution in [0, 0.1) is 5.82 Å². The molecule has 0 unspecified atom stereocenters. The molecule has 6 nitrogen and oxygen atoms in total. The maximum Gasteiger partial charge on any atom is 0.196 e.